The van der Waals surface area contributed by atoms with E-state index in [1.165, 1.54) is 12.1 Å². The van der Waals surface area contributed by atoms with E-state index in [1.54, 1.807) is 12.3 Å². The molecule has 0 saturated heterocycles. The topological polar surface area (TPSA) is 93.2 Å². The van der Waals surface area contributed by atoms with Crippen LogP contribution in [0.25, 0.3) is 0 Å². The molecule has 0 aliphatic heterocycles. The molecule has 1 aromatic carbocycles. The highest BCUT2D eigenvalue weighted by Crippen LogP contribution is 2.19. The van der Waals surface area contributed by atoms with Gasteiger partial charge in [0.05, 0.1) is 29.7 Å². The maximum atomic E-state index is 10.9. The van der Waals surface area contributed by atoms with Crippen LogP contribution >= 0.6 is 0 Å². The number of anilines is 2. The van der Waals surface area contributed by atoms with Crippen LogP contribution < -0.4 is 11.1 Å². The number of carboxylic acid groups (broad SMARTS) is 1. The van der Waals surface area contributed by atoms with Gasteiger partial charge in [0.1, 0.15) is 0 Å². The van der Waals surface area contributed by atoms with Crippen LogP contribution in [-0.2, 0) is 6.54 Å². The minimum Gasteiger partial charge on any atom is -0.478 e. The number of benzene rings is 1. The van der Waals surface area contributed by atoms with Crippen molar-refractivity contribution < 1.29 is 9.90 Å². The number of hydrogen-bond acceptors (Lipinski definition) is 4. The molecule has 6 heteroatoms. The first kappa shape index (κ1) is 12.9. The van der Waals surface area contributed by atoms with Gasteiger partial charge in [0.25, 0.3) is 0 Å². The van der Waals surface area contributed by atoms with Gasteiger partial charge in [0.2, 0.25) is 0 Å². The van der Waals surface area contributed by atoms with Crippen molar-refractivity contribution in [1.82, 2.24) is 9.78 Å². The molecule has 0 aliphatic rings. The van der Waals surface area contributed by atoms with E-state index in [2.05, 4.69) is 10.4 Å². The molecule has 0 unspecified atom stereocenters. The molecule has 0 bridgehead atoms. The lowest BCUT2D eigenvalue weighted by Crippen LogP contribution is -2.12. The molecule has 0 amide bonds. The lowest BCUT2D eigenvalue weighted by Gasteiger charge is -2.10. The predicted molar refractivity (Wildman–Crippen MR) is 73.3 cm³/mol. The second-order valence-electron chi connectivity index (χ2n) is 4.31. The Labute approximate surface area is 110 Å². The van der Waals surface area contributed by atoms with Crippen LogP contribution in [0.15, 0.2) is 30.6 Å². The smallest absolute Gasteiger partial charge is 0.335 e. The number of aromatic carboxylic acids is 1. The predicted octanol–water partition coefficient (Wildman–Crippen LogP) is 1.58. The third kappa shape index (κ3) is 3.25. The fraction of sp³-hybridized carbons (Fsp3) is 0.231. The van der Waals surface area contributed by atoms with E-state index in [-0.39, 0.29) is 5.56 Å². The summed E-state index contributed by atoms with van der Waals surface area (Å²) in [6.07, 6.45) is 3.73. The monoisotopic (exact) mass is 260 g/mol. The molecule has 0 radical (unpaired) electrons. The highest BCUT2D eigenvalue weighted by molar-refractivity contribution is 5.90. The second kappa shape index (κ2) is 5.43. The Morgan fingerprint density at radius 2 is 2.32 bits per heavy atom. The Balaban J connectivity index is 1.99. The van der Waals surface area contributed by atoms with Crippen molar-refractivity contribution in [2.45, 2.75) is 13.5 Å². The minimum absolute atomic E-state index is 0.214. The Kier molecular flexibility index (Phi) is 3.70. The number of rotatable bonds is 5. The lowest BCUT2D eigenvalue weighted by molar-refractivity contribution is 0.0697. The van der Waals surface area contributed by atoms with Gasteiger partial charge < -0.3 is 16.2 Å². The van der Waals surface area contributed by atoms with Gasteiger partial charge in [-0.15, -0.1) is 0 Å². The zero-order chi connectivity index (χ0) is 13.8. The lowest BCUT2D eigenvalue weighted by atomic mass is 10.1. The maximum absolute atomic E-state index is 10.9. The standard InChI is InChI=1S/C13H16N4O2/c1-9-7-16-17(8-9)5-4-15-12-6-10(13(18)19)2-3-11(12)14/h2-3,6-8,15H,4-5,14H2,1H3,(H,18,19). The first-order chi connectivity index (χ1) is 9.06. The Bertz CT molecular complexity index is 592. The molecule has 6 nitrogen and oxygen atoms in total. The number of hydrogen-bond donors (Lipinski definition) is 3. The molecule has 1 aromatic heterocycles. The summed E-state index contributed by atoms with van der Waals surface area (Å²) >= 11 is 0. The third-order valence-electron chi connectivity index (χ3n) is 2.72. The molecule has 0 fully saturated rings. The molecule has 0 atom stereocenters. The normalized spacial score (nSPS) is 10.4. The summed E-state index contributed by atoms with van der Waals surface area (Å²) in [7, 11) is 0. The van der Waals surface area contributed by atoms with Gasteiger partial charge in [-0.3, -0.25) is 4.68 Å². The molecule has 19 heavy (non-hydrogen) atoms. The van der Waals surface area contributed by atoms with Crippen molar-refractivity contribution in [3.63, 3.8) is 0 Å². The van der Waals surface area contributed by atoms with Gasteiger partial charge in [-0.25, -0.2) is 4.79 Å². The van der Waals surface area contributed by atoms with Gasteiger partial charge in [-0.1, -0.05) is 0 Å². The van der Waals surface area contributed by atoms with Crippen molar-refractivity contribution >= 4 is 17.3 Å². The number of aromatic nitrogens is 2. The first-order valence-electron chi connectivity index (χ1n) is 5.92. The number of carbonyl (C=O) groups is 1. The average Bonchev–Trinajstić information content (AvgIpc) is 2.77. The maximum Gasteiger partial charge on any atom is 0.335 e. The largest absolute Gasteiger partial charge is 0.478 e. The summed E-state index contributed by atoms with van der Waals surface area (Å²) in [4.78, 5) is 10.9. The molecule has 1 heterocycles. The number of carboxylic acids is 1. The zero-order valence-electron chi connectivity index (χ0n) is 10.6. The Hall–Kier alpha value is -2.50. The van der Waals surface area contributed by atoms with Crippen LogP contribution in [0.5, 0.6) is 0 Å². The molecule has 0 saturated carbocycles. The van der Waals surface area contributed by atoms with Gasteiger partial charge in [-0.05, 0) is 30.7 Å². The van der Waals surface area contributed by atoms with E-state index in [1.807, 2.05) is 17.8 Å². The summed E-state index contributed by atoms with van der Waals surface area (Å²) in [5.74, 6) is -0.967. The SMILES string of the molecule is Cc1cnn(CCNc2cc(C(=O)O)ccc2N)c1. The van der Waals surface area contributed by atoms with Crippen LogP contribution in [0.1, 0.15) is 15.9 Å². The quantitative estimate of drug-likeness (QED) is 0.710. The summed E-state index contributed by atoms with van der Waals surface area (Å²) in [6.45, 7) is 3.28. The summed E-state index contributed by atoms with van der Waals surface area (Å²) in [5, 5.41) is 16.2. The van der Waals surface area contributed by atoms with E-state index in [4.69, 9.17) is 10.8 Å². The van der Waals surface area contributed by atoms with E-state index in [9.17, 15) is 4.79 Å². The Morgan fingerprint density at radius 1 is 1.53 bits per heavy atom. The molecule has 0 spiro atoms. The second-order valence-corrected chi connectivity index (χ2v) is 4.31. The molecule has 100 valence electrons. The minimum atomic E-state index is -0.967. The van der Waals surface area contributed by atoms with Crippen molar-refractivity contribution in [2.24, 2.45) is 0 Å². The van der Waals surface area contributed by atoms with Crippen molar-refractivity contribution in [2.75, 3.05) is 17.6 Å². The van der Waals surface area contributed by atoms with E-state index in [0.29, 0.717) is 24.5 Å². The van der Waals surface area contributed by atoms with Gasteiger partial charge in [0.15, 0.2) is 0 Å². The number of aryl methyl sites for hydroxylation is 1. The van der Waals surface area contributed by atoms with Crippen LogP contribution in [0.4, 0.5) is 11.4 Å². The van der Waals surface area contributed by atoms with E-state index < -0.39 is 5.97 Å². The number of nitrogens with two attached hydrogens (primary N) is 1. The van der Waals surface area contributed by atoms with Crippen LogP contribution in [0.3, 0.4) is 0 Å². The number of nitrogen functional groups attached to an aromatic ring is 1. The van der Waals surface area contributed by atoms with Crippen LogP contribution in [0, 0.1) is 6.92 Å². The third-order valence-corrected chi connectivity index (χ3v) is 2.72. The first-order valence-corrected chi connectivity index (χ1v) is 5.92. The van der Waals surface area contributed by atoms with Gasteiger partial charge >= 0.3 is 5.97 Å². The molecule has 2 rings (SSSR count). The highest BCUT2D eigenvalue weighted by atomic mass is 16.4. The molecule has 0 aliphatic carbocycles. The van der Waals surface area contributed by atoms with E-state index in [0.717, 1.165) is 5.56 Å². The van der Waals surface area contributed by atoms with Crippen molar-refractivity contribution in [1.29, 1.82) is 0 Å². The fourth-order valence-electron chi connectivity index (χ4n) is 1.74. The van der Waals surface area contributed by atoms with Gasteiger partial charge in [-0.2, -0.15) is 5.10 Å². The molecule has 2 aromatic rings. The number of nitrogens with one attached hydrogen (secondary N) is 1. The van der Waals surface area contributed by atoms with Crippen LogP contribution in [-0.4, -0.2) is 27.4 Å². The zero-order valence-corrected chi connectivity index (χ0v) is 10.6. The highest BCUT2D eigenvalue weighted by Gasteiger charge is 2.06. The summed E-state index contributed by atoms with van der Waals surface area (Å²) < 4.78 is 1.82. The van der Waals surface area contributed by atoms with E-state index >= 15 is 0 Å². The van der Waals surface area contributed by atoms with Crippen LogP contribution in [0.2, 0.25) is 0 Å². The van der Waals surface area contributed by atoms with Crippen molar-refractivity contribution in [3.05, 3.63) is 41.7 Å². The number of nitrogens with zero attached hydrogens (tertiary/aromatic N) is 2. The van der Waals surface area contributed by atoms with Crippen molar-refractivity contribution in [3.8, 4) is 0 Å². The Morgan fingerprint density at radius 3 is 2.95 bits per heavy atom. The average molecular weight is 260 g/mol. The molecular weight excluding hydrogens is 244 g/mol. The fourth-order valence-corrected chi connectivity index (χ4v) is 1.74. The molecular formula is C13H16N4O2. The summed E-state index contributed by atoms with van der Waals surface area (Å²) in [5.41, 5.74) is 8.27. The summed E-state index contributed by atoms with van der Waals surface area (Å²) in [6, 6.07) is 4.61. The van der Waals surface area contributed by atoms with Gasteiger partial charge in [0, 0.05) is 12.7 Å². The molecule has 4 N–H and O–H groups in total.